The second kappa shape index (κ2) is 9.54. The van der Waals surface area contributed by atoms with Gasteiger partial charge in [-0.1, -0.05) is 37.6 Å². The van der Waals surface area contributed by atoms with Crippen molar-refractivity contribution in [1.29, 1.82) is 0 Å². The number of esters is 2. The number of allylic oxidation sites excluding steroid dienone is 3. The summed E-state index contributed by atoms with van der Waals surface area (Å²) in [7, 11) is 1.31. The van der Waals surface area contributed by atoms with Crippen LogP contribution in [-0.4, -0.2) is 30.9 Å². The van der Waals surface area contributed by atoms with Crippen molar-refractivity contribution in [3.63, 3.8) is 0 Å². The Bertz CT molecular complexity index is 1030. The summed E-state index contributed by atoms with van der Waals surface area (Å²) in [5.74, 6) is -2.83. The zero-order chi connectivity index (χ0) is 23.7. The molecule has 0 aromatic heterocycles. The standard InChI is InChI=1S/C27H33NO5/c1-15-10-8-9-13-19(15)23-22(27(31)33-18-11-6-5-7-12-18)17(3)28-20-14-16(2)21(26(30)32-4)25(29)24(20)23/h8-10,13,16,18,21,23,28H,5-7,11-12,14H2,1-4H3. The molecule has 1 saturated carbocycles. The van der Waals surface area contributed by atoms with Crippen LogP contribution in [0.5, 0.6) is 0 Å². The molecule has 6 heteroatoms. The molecule has 1 aromatic carbocycles. The molecule has 3 atom stereocenters. The Hall–Kier alpha value is -2.89. The molecule has 3 aliphatic rings. The van der Waals surface area contributed by atoms with Gasteiger partial charge in [-0.25, -0.2) is 4.79 Å². The number of carbonyl (C=O) groups excluding carboxylic acids is 3. The third-order valence-electron chi connectivity index (χ3n) is 7.29. The molecule has 0 radical (unpaired) electrons. The first-order valence-corrected chi connectivity index (χ1v) is 11.9. The monoisotopic (exact) mass is 451 g/mol. The number of hydrogen-bond acceptors (Lipinski definition) is 6. The number of aryl methyl sites for hydroxylation is 1. The van der Waals surface area contributed by atoms with Crippen molar-refractivity contribution in [3.05, 3.63) is 57.9 Å². The predicted octanol–water partition coefficient (Wildman–Crippen LogP) is 4.48. The minimum Gasteiger partial charge on any atom is -0.468 e. The van der Waals surface area contributed by atoms with Gasteiger partial charge in [-0.15, -0.1) is 0 Å². The number of carbonyl (C=O) groups is 3. The number of ether oxygens (including phenoxy) is 2. The average Bonchev–Trinajstić information content (AvgIpc) is 2.79. The maximum Gasteiger partial charge on any atom is 0.337 e. The highest BCUT2D eigenvalue weighted by atomic mass is 16.5. The highest BCUT2D eigenvalue weighted by Gasteiger charge is 2.47. The van der Waals surface area contributed by atoms with Crippen LogP contribution in [0.15, 0.2) is 46.8 Å². The number of benzene rings is 1. The fourth-order valence-electron chi connectivity index (χ4n) is 5.57. The smallest absolute Gasteiger partial charge is 0.337 e. The van der Waals surface area contributed by atoms with E-state index < -0.39 is 17.8 Å². The van der Waals surface area contributed by atoms with Crippen LogP contribution in [-0.2, 0) is 23.9 Å². The molecule has 2 aliphatic carbocycles. The van der Waals surface area contributed by atoms with E-state index in [1.165, 1.54) is 13.5 Å². The predicted molar refractivity (Wildman–Crippen MR) is 124 cm³/mol. The molecule has 4 rings (SSSR count). The summed E-state index contributed by atoms with van der Waals surface area (Å²) in [6, 6.07) is 7.78. The van der Waals surface area contributed by atoms with E-state index in [1.807, 2.05) is 45.0 Å². The fourth-order valence-corrected chi connectivity index (χ4v) is 5.57. The van der Waals surface area contributed by atoms with Gasteiger partial charge in [-0.05, 0) is 63.0 Å². The van der Waals surface area contributed by atoms with Crippen LogP contribution in [0.3, 0.4) is 0 Å². The van der Waals surface area contributed by atoms with Crippen molar-refractivity contribution in [3.8, 4) is 0 Å². The second-order valence-corrected chi connectivity index (χ2v) is 9.56. The Kier molecular flexibility index (Phi) is 6.73. The van der Waals surface area contributed by atoms with Gasteiger partial charge < -0.3 is 14.8 Å². The van der Waals surface area contributed by atoms with Gasteiger partial charge in [-0.2, -0.15) is 0 Å². The maximum atomic E-state index is 13.8. The first kappa shape index (κ1) is 23.3. The molecule has 0 spiro atoms. The van der Waals surface area contributed by atoms with E-state index in [-0.39, 0.29) is 23.8 Å². The highest BCUT2D eigenvalue weighted by Crippen LogP contribution is 2.46. The lowest BCUT2D eigenvalue weighted by molar-refractivity contribution is -0.151. The summed E-state index contributed by atoms with van der Waals surface area (Å²) < 4.78 is 10.9. The van der Waals surface area contributed by atoms with Crippen molar-refractivity contribution in [2.45, 2.75) is 71.3 Å². The van der Waals surface area contributed by atoms with Crippen molar-refractivity contribution >= 4 is 17.7 Å². The molecule has 1 aromatic rings. The van der Waals surface area contributed by atoms with Gasteiger partial charge in [0.25, 0.3) is 0 Å². The molecular formula is C27H33NO5. The summed E-state index contributed by atoms with van der Waals surface area (Å²) in [6.45, 7) is 5.73. The minimum absolute atomic E-state index is 0.0932. The third-order valence-corrected chi connectivity index (χ3v) is 7.29. The van der Waals surface area contributed by atoms with Crippen LogP contribution in [0.4, 0.5) is 0 Å². The van der Waals surface area contributed by atoms with Crippen LogP contribution < -0.4 is 5.32 Å². The lowest BCUT2D eigenvalue weighted by Gasteiger charge is -2.39. The minimum atomic E-state index is -0.879. The van der Waals surface area contributed by atoms with Gasteiger partial charge in [0.05, 0.1) is 12.7 Å². The summed E-state index contributed by atoms with van der Waals surface area (Å²) in [6.07, 6.45) is 5.46. The first-order valence-electron chi connectivity index (χ1n) is 11.9. The van der Waals surface area contributed by atoms with E-state index in [9.17, 15) is 14.4 Å². The molecule has 6 nitrogen and oxygen atoms in total. The van der Waals surface area contributed by atoms with E-state index in [4.69, 9.17) is 9.47 Å². The van der Waals surface area contributed by atoms with Gasteiger partial charge >= 0.3 is 11.9 Å². The van der Waals surface area contributed by atoms with Crippen molar-refractivity contribution in [2.24, 2.45) is 11.8 Å². The second-order valence-electron chi connectivity index (χ2n) is 9.56. The van der Waals surface area contributed by atoms with Crippen LogP contribution >= 0.6 is 0 Å². The van der Waals surface area contributed by atoms with Gasteiger partial charge in [0.15, 0.2) is 5.78 Å². The van der Waals surface area contributed by atoms with E-state index in [0.29, 0.717) is 23.3 Å². The maximum absolute atomic E-state index is 13.8. The van der Waals surface area contributed by atoms with E-state index in [0.717, 1.165) is 42.5 Å². The van der Waals surface area contributed by atoms with Crippen LogP contribution in [0, 0.1) is 18.8 Å². The number of dihydropyridines is 1. The first-order chi connectivity index (χ1) is 15.8. The average molecular weight is 452 g/mol. The molecule has 0 amide bonds. The van der Waals surface area contributed by atoms with Crippen molar-refractivity contribution in [2.75, 3.05) is 7.11 Å². The Morgan fingerprint density at radius 1 is 1.06 bits per heavy atom. The zero-order valence-corrected chi connectivity index (χ0v) is 19.9. The number of Topliss-reactive ketones (excluding diaryl/α,β-unsaturated/α-hetero) is 1. The Morgan fingerprint density at radius 3 is 2.42 bits per heavy atom. The van der Waals surface area contributed by atoms with E-state index in [1.54, 1.807) is 0 Å². The molecule has 1 heterocycles. The molecule has 1 aliphatic heterocycles. The van der Waals surface area contributed by atoms with Crippen molar-refractivity contribution in [1.82, 2.24) is 5.32 Å². The summed E-state index contributed by atoms with van der Waals surface area (Å²) >= 11 is 0. The fraction of sp³-hybridized carbons (Fsp3) is 0.519. The normalized spacial score (nSPS) is 25.9. The topological polar surface area (TPSA) is 81.7 Å². The van der Waals surface area contributed by atoms with Gasteiger partial charge in [-0.3, -0.25) is 9.59 Å². The molecule has 1 N–H and O–H groups in total. The molecule has 33 heavy (non-hydrogen) atoms. The quantitative estimate of drug-likeness (QED) is 0.537. The van der Waals surface area contributed by atoms with E-state index >= 15 is 0 Å². The molecule has 176 valence electrons. The highest BCUT2D eigenvalue weighted by molar-refractivity contribution is 6.12. The molecular weight excluding hydrogens is 418 g/mol. The lowest BCUT2D eigenvalue weighted by Crippen LogP contribution is -2.43. The Morgan fingerprint density at radius 2 is 1.76 bits per heavy atom. The van der Waals surface area contributed by atoms with Crippen LogP contribution in [0.25, 0.3) is 0 Å². The molecule has 0 bridgehead atoms. The molecule has 1 fully saturated rings. The van der Waals surface area contributed by atoms with Gasteiger partial charge in [0.2, 0.25) is 0 Å². The molecule has 0 saturated heterocycles. The van der Waals surface area contributed by atoms with Crippen LogP contribution in [0.1, 0.15) is 69.4 Å². The summed E-state index contributed by atoms with van der Waals surface area (Å²) in [4.78, 5) is 39.8. The van der Waals surface area contributed by atoms with Crippen molar-refractivity contribution < 1.29 is 23.9 Å². The van der Waals surface area contributed by atoms with Gasteiger partial charge in [0, 0.05) is 22.9 Å². The number of rotatable bonds is 4. The third kappa shape index (κ3) is 4.35. The van der Waals surface area contributed by atoms with Gasteiger partial charge in [0.1, 0.15) is 12.0 Å². The van der Waals surface area contributed by atoms with Crippen LogP contribution in [0.2, 0.25) is 0 Å². The zero-order valence-electron chi connectivity index (χ0n) is 19.9. The Labute approximate surface area is 195 Å². The lowest BCUT2D eigenvalue weighted by atomic mass is 9.68. The molecule has 3 unspecified atom stereocenters. The SMILES string of the molecule is COC(=O)C1C(=O)C2=C(CC1C)NC(C)=C(C(=O)OC1CCCCC1)C2c1ccccc1C. The summed E-state index contributed by atoms with van der Waals surface area (Å²) in [5, 5.41) is 3.33. The number of ketones is 1. The Balaban J connectivity index is 1.80. The summed E-state index contributed by atoms with van der Waals surface area (Å²) in [5.41, 5.74) is 4.30. The largest absolute Gasteiger partial charge is 0.468 e. The van der Waals surface area contributed by atoms with E-state index in [2.05, 4.69) is 5.32 Å². The number of hydrogen-bond donors (Lipinski definition) is 1. The number of nitrogens with one attached hydrogen (secondary N) is 1. The number of methoxy groups -OCH3 is 1.